The average molecular weight is 647 g/mol. The highest BCUT2D eigenvalue weighted by Gasteiger charge is 2.33. The largest absolute Gasteiger partial charge is 0.352 e. The lowest BCUT2D eigenvalue weighted by atomic mass is 10.1. The van der Waals surface area contributed by atoms with Crippen LogP contribution in [-0.4, -0.2) is 43.8 Å². The fraction of sp³-hybridized carbons (Fsp3) is 0.333. The fourth-order valence-electron chi connectivity index (χ4n) is 4.73. The van der Waals surface area contributed by atoms with Crippen molar-refractivity contribution in [2.45, 2.75) is 63.1 Å². The Balaban J connectivity index is 1.67. The van der Waals surface area contributed by atoms with Gasteiger partial charge in [0.15, 0.2) is 0 Å². The summed E-state index contributed by atoms with van der Waals surface area (Å²) in [6, 6.07) is 19.5. The Labute approximate surface area is 249 Å². The molecule has 1 atom stereocenters. The van der Waals surface area contributed by atoms with Crippen molar-refractivity contribution in [1.29, 1.82) is 0 Å². The van der Waals surface area contributed by atoms with Crippen LogP contribution in [0.1, 0.15) is 43.7 Å². The van der Waals surface area contributed by atoms with Crippen LogP contribution in [-0.2, 0) is 26.2 Å². The quantitative estimate of drug-likeness (QED) is 0.289. The third kappa shape index (κ3) is 7.44. The molecule has 1 unspecified atom stereocenters. The molecular formula is C30H33BrClN3O4S. The molecule has 0 heterocycles. The van der Waals surface area contributed by atoms with Crippen LogP contribution in [0.25, 0.3) is 0 Å². The molecule has 0 aromatic heterocycles. The van der Waals surface area contributed by atoms with E-state index in [1.807, 2.05) is 31.2 Å². The SMILES string of the molecule is Cc1ccc(S(=O)(=O)N(CC(=O)N(Cc2ccc(Br)cc2)C(C)C(=O)NC2CCCC2)c2ccc(Cl)cc2)cc1. The first kappa shape index (κ1) is 30.1. The van der Waals surface area contributed by atoms with Gasteiger partial charge in [0.2, 0.25) is 11.8 Å². The number of aryl methyl sites for hydroxylation is 1. The van der Waals surface area contributed by atoms with Gasteiger partial charge in [0.25, 0.3) is 10.0 Å². The van der Waals surface area contributed by atoms with Crippen LogP contribution in [0.5, 0.6) is 0 Å². The number of amides is 2. The van der Waals surface area contributed by atoms with Gasteiger partial charge in [0, 0.05) is 22.1 Å². The van der Waals surface area contributed by atoms with Crippen LogP contribution in [0.2, 0.25) is 5.02 Å². The lowest BCUT2D eigenvalue weighted by molar-refractivity contribution is -0.139. The maximum atomic E-state index is 14.0. The summed E-state index contributed by atoms with van der Waals surface area (Å²) < 4.78 is 29.7. The van der Waals surface area contributed by atoms with Crippen molar-refractivity contribution < 1.29 is 18.0 Å². The lowest BCUT2D eigenvalue weighted by Gasteiger charge is -2.32. The first-order valence-electron chi connectivity index (χ1n) is 13.2. The summed E-state index contributed by atoms with van der Waals surface area (Å²) >= 11 is 9.50. The molecular weight excluding hydrogens is 614 g/mol. The Morgan fingerprint density at radius 2 is 1.57 bits per heavy atom. The molecule has 10 heteroatoms. The fourth-order valence-corrected chi connectivity index (χ4v) is 6.54. The van der Waals surface area contributed by atoms with E-state index < -0.39 is 28.5 Å². The third-order valence-corrected chi connectivity index (χ3v) is 9.71. The normalized spacial score (nSPS) is 14.5. The van der Waals surface area contributed by atoms with Crippen molar-refractivity contribution >= 4 is 55.1 Å². The van der Waals surface area contributed by atoms with E-state index in [9.17, 15) is 18.0 Å². The van der Waals surface area contributed by atoms with E-state index in [1.165, 1.54) is 17.0 Å². The minimum absolute atomic E-state index is 0.0623. The number of nitrogens with one attached hydrogen (secondary N) is 1. The van der Waals surface area contributed by atoms with Crippen LogP contribution in [0.3, 0.4) is 0 Å². The summed E-state index contributed by atoms with van der Waals surface area (Å²) in [6.07, 6.45) is 3.96. The molecule has 7 nitrogen and oxygen atoms in total. The number of halogens is 2. The summed E-state index contributed by atoms with van der Waals surface area (Å²) in [7, 11) is -4.12. The minimum atomic E-state index is -4.12. The smallest absolute Gasteiger partial charge is 0.264 e. The summed E-state index contributed by atoms with van der Waals surface area (Å²) in [6.45, 7) is 3.21. The number of hydrogen-bond acceptors (Lipinski definition) is 4. The van der Waals surface area contributed by atoms with Gasteiger partial charge in [-0.2, -0.15) is 0 Å². The summed E-state index contributed by atoms with van der Waals surface area (Å²) in [5, 5.41) is 3.52. The van der Waals surface area contributed by atoms with Gasteiger partial charge in [-0.1, -0.05) is 70.2 Å². The molecule has 3 aromatic carbocycles. The molecule has 4 rings (SSSR count). The summed E-state index contributed by atoms with van der Waals surface area (Å²) in [5.74, 6) is -0.751. The number of rotatable bonds is 10. The van der Waals surface area contributed by atoms with Crippen molar-refractivity contribution in [3.05, 3.63) is 93.4 Å². The topological polar surface area (TPSA) is 86.8 Å². The first-order valence-corrected chi connectivity index (χ1v) is 15.8. The summed E-state index contributed by atoms with van der Waals surface area (Å²) in [5.41, 5.74) is 2.03. The second-order valence-corrected chi connectivity index (χ2v) is 13.3. The minimum Gasteiger partial charge on any atom is -0.352 e. The monoisotopic (exact) mass is 645 g/mol. The van der Waals surface area contributed by atoms with E-state index in [1.54, 1.807) is 43.3 Å². The molecule has 1 N–H and O–H groups in total. The van der Waals surface area contributed by atoms with Gasteiger partial charge in [-0.15, -0.1) is 0 Å². The van der Waals surface area contributed by atoms with Gasteiger partial charge >= 0.3 is 0 Å². The zero-order chi connectivity index (χ0) is 28.9. The van der Waals surface area contributed by atoms with Crippen molar-refractivity contribution in [2.24, 2.45) is 0 Å². The van der Waals surface area contributed by atoms with Gasteiger partial charge in [0.05, 0.1) is 10.6 Å². The van der Waals surface area contributed by atoms with Crippen molar-refractivity contribution in [3.8, 4) is 0 Å². The Bertz CT molecular complexity index is 1430. The molecule has 1 fully saturated rings. The van der Waals surface area contributed by atoms with E-state index >= 15 is 0 Å². The number of hydrogen-bond donors (Lipinski definition) is 1. The highest BCUT2D eigenvalue weighted by atomic mass is 79.9. The van der Waals surface area contributed by atoms with Gasteiger partial charge in [-0.3, -0.25) is 13.9 Å². The number of nitrogens with zero attached hydrogens (tertiary/aromatic N) is 2. The van der Waals surface area contributed by atoms with E-state index in [-0.39, 0.29) is 23.4 Å². The molecule has 1 aliphatic rings. The third-order valence-electron chi connectivity index (χ3n) is 7.14. The molecule has 0 saturated heterocycles. The number of carbonyl (C=O) groups is 2. The summed E-state index contributed by atoms with van der Waals surface area (Å²) in [4.78, 5) is 28.8. The highest BCUT2D eigenvalue weighted by molar-refractivity contribution is 9.10. The number of carbonyl (C=O) groups excluding carboxylic acids is 2. The van der Waals surface area contributed by atoms with E-state index in [0.717, 1.165) is 45.6 Å². The van der Waals surface area contributed by atoms with Crippen LogP contribution in [0, 0.1) is 6.92 Å². The molecule has 1 aliphatic carbocycles. The Morgan fingerprint density at radius 3 is 2.17 bits per heavy atom. The zero-order valence-corrected chi connectivity index (χ0v) is 25.7. The Hall–Kier alpha value is -2.88. The maximum Gasteiger partial charge on any atom is 0.264 e. The maximum absolute atomic E-state index is 14.0. The number of sulfonamides is 1. The number of anilines is 1. The standard InChI is InChI=1S/C30H33BrClN3O4S/c1-21-7-17-28(18-8-21)40(38,39)35(27-15-13-25(32)14-16-27)20-29(36)34(19-23-9-11-24(31)12-10-23)22(2)30(37)33-26-5-3-4-6-26/h7-18,22,26H,3-6,19-20H2,1-2H3,(H,33,37). The van der Waals surface area contributed by atoms with Crippen LogP contribution in [0.4, 0.5) is 5.69 Å². The zero-order valence-electron chi connectivity index (χ0n) is 22.5. The Morgan fingerprint density at radius 1 is 0.975 bits per heavy atom. The second-order valence-electron chi connectivity index (χ2n) is 10.1. The molecule has 1 saturated carbocycles. The molecule has 40 heavy (non-hydrogen) atoms. The molecule has 0 radical (unpaired) electrons. The number of benzene rings is 3. The van der Waals surface area contributed by atoms with Gasteiger partial charge < -0.3 is 10.2 Å². The van der Waals surface area contributed by atoms with Crippen LogP contribution >= 0.6 is 27.5 Å². The van der Waals surface area contributed by atoms with Crippen LogP contribution in [0.15, 0.2) is 82.2 Å². The van der Waals surface area contributed by atoms with Crippen LogP contribution < -0.4 is 9.62 Å². The van der Waals surface area contributed by atoms with E-state index in [0.29, 0.717) is 10.7 Å². The van der Waals surface area contributed by atoms with Gasteiger partial charge in [-0.25, -0.2) is 8.42 Å². The molecule has 3 aromatic rings. The molecule has 0 aliphatic heterocycles. The predicted octanol–water partition coefficient (Wildman–Crippen LogP) is 6.08. The average Bonchev–Trinajstić information content (AvgIpc) is 3.44. The molecule has 0 spiro atoms. The lowest BCUT2D eigenvalue weighted by Crippen LogP contribution is -2.52. The Kier molecular flexibility index (Phi) is 9.92. The van der Waals surface area contributed by atoms with Crippen molar-refractivity contribution in [3.63, 3.8) is 0 Å². The first-order chi connectivity index (χ1) is 19.0. The highest BCUT2D eigenvalue weighted by Crippen LogP contribution is 2.26. The van der Waals surface area contributed by atoms with Gasteiger partial charge in [0.1, 0.15) is 12.6 Å². The van der Waals surface area contributed by atoms with Crippen molar-refractivity contribution in [2.75, 3.05) is 10.8 Å². The van der Waals surface area contributed by atoms with E-state index in [2.05, 4.69) is 21.2 Å². The van der Waals surface area contributed by atoms with E-state index in [4.69, 9.17) is 11.6 Å². The molecule has 2 amide bonds. The predicted molar refractivity (Wildman–Crippen MR) is 162 cm³/mol. The second kappa shape index (κ2) is 13.2. The van der Waals surface area contributed by atoms with Gasteiger partial charge in [-0.05, 0) is 80.8 Å². The molecule has 212 valence electrons. The molecule has 0 bridgehead atoms. The van der Waals surface area contributed by atoms with Crippen molar-refractivity contribution in [1.82, 2.24) is 10.2 Å².